The number of quaternary nitrogens is 1. The van der Waals surface area contributed by atoms with Crippen LogP contribution >= 0.6 is 11.6 Å². The molecule has 0 amide bonds. The van der Waals surface area contributed by atoms with Gasteiger partial charge in [0.15, 0.2) is 0 Å². The fourth-order valence-electron chi connectivity index (χ4n) is 5.00. The van der Waals surface area contributed by atoms with Gasteiger partial charge in [0.25, 0.3) is 0 Å². The zero-order valence-electron chi connectivity index (χ0n) is 18.1. The summed E-state index contributed by atoms with van der Waals surface area (Å²) in [5.41, 5.74) is 4.17. The average molecular weight is 445 g/mol. The molecule has 1 saturated heterocycles. The molecular weight excluding hydrogens is 418 g/mol. The molecule has 0 saturated carbocycles. The summed E-state index contributed by atoms with van der Waals surface area (Å²) in [5.74, 6) is 6.75. The smallest absolute Gasteiger partial charge is 0.141 e. The lowest BCUT2D eigenvalue weighted by molar-refractivity contribution is -0.941. The molecule has 3 aromatic rings. The van der Waals surface area contributed by atoms with Crippen LogP contribution in [0.1, 0.15) is 23.1 Å². The number of ether oxygens (including phenoxy) is 1. The van der Waals surface area contributed by atoms with Gasteiger partial charge in [-0.15, -0.1) is 0 Å². The number of benzene rings is 3. The first-order valence-corrected chi connectivity index (χ1v) is 11.5. The summed E-state index contributed by atoms with van der Waals surface area (Å²) in [6.45, 7) is 4.85. The first-order valence-electron chi connectivity index (χ1n) is 11.2. The Morgan fingerprint density at radius 3 is 2.09 bits per heavy atom. The van der Waals surface area contributed by atoms with Gasteiger partial charge in [-0.25, -0.2) is 0 Å². The third-order valence-corrected chi connectivity index (χ3v) is 7.17. The minimum Gasteiger partial charge on any atom is -0.379 e. The van der Waals surface area contributed by atoms with E-state index in [0.717, 1.165) is 70.2 Å². The van der Waals surface area contributed by atoms with Gasteiger partial charge in [0.05, 0.1) is 13.2 Å². The molecule has 0 unspecified atom stereocenters. The Morgan fingerprint density at radius 1 is 0.844 bits per heavy atom. The molecule has 0 spiro atoms. The van der Waals surface area contributed by atoms with Gasteiger partial charge in [-0.1, -0.05) is 84.3 Å². The second-order valence-electron chi connectivity index (χ2n) is 8.79. The van der Waals surface area contributed by atoms with Crippen LogP contribution in [0.5, 0.6) is 0 Å². The number of morpholine rings is 1. The largest absolute Gasteiger partial charge is 0.379 e. The number of hydrogen-bond acceptors (Lipinski definition) is 2. The monoisotopic (exact) mass is 444 g/mol. The molecule has 1 heterocycles. The van der Waals surface area contributed by atoms with Crippen LogP contribution in [0.25, 0.3) is 11.1 Å². The molecule has 1 aliphatic heterocycles. The first kappa shape index (κ1) is 21.2. The van der Waals surface area contributed by atoms with Gasteiger partial charge in [-0.05, 0) is 34.2 Å². The summed E-state index contributed by atoms with van der Waals surface area (Å²) in [7, 11) is 0. The lowest BCUT2D eigenvalue weighted by atomic mass is 9.88. The number of fused-ring (bicyclic) bond motifs is 3. The summed E-state index contributed by atoms with van der Waals surface area (Å²) >= 11 is 6.46. The summed E-state index contributed by atoms with van der Waals surface area (Å²) in [5, 5.41) is 12.5. The van der Waals surface area contributed by atoms with Crippen molar-refractivity contribution in [2.45, 2.75) is 18.6 Å². The Morgan fingerprint density at radius 2 is 1.44 bits per heavy atom. The van der Waals surface area contributed by atoms with Crippen LogP contribution in [0.3, 0.4) is 0 Å². The predicted molar refractivity (Wildman–Crippen MR) is 128 cm³/mol. The maximum atomic E-state index is 11.7. The van der Waals surface area contributed by atoms with Crippen molar-refractivity contribution in [3.8, 4) is 23.0 Å². The van der Waals surface area contributed by atoms with Crippen LogP contribution in [0, 0.1) is 11.8 Å². The third-order valence-electron chi connectivity index (χ3n) is 6.80. The number of rotatable bonds is 4. The van der Waals surface area contributed by atoms with Gasteiger partial charge in [0.1, 0.15) is 31.8 Å². The number of hydrogen-bond donors (Lipinski definition) is 1. The molecular formula is C28H27ClNO2+. The Labute approximate surface area is 194 Å². The van der Waals surface area contributed by atoms with E-state index in [-0.39, 0.29) is 0 Å². The van der Waals surface area contributed by atoms with Crippen LogP contribution in [-0.4, -0.2) is 42.4 Å². The summed E-state index contributed by atoms with van der Waals surface area (Å²) in [6.07, 6.45) is 0.379. The van der Waals surface area contributed by atoms with Gasteiger partial charge in [0, 0.05) is 17.0 Å². The van der Waals surface area contributed by atoms with Gasteiger partial charge in [0.2, 0.25) is 0 Å². The van der Waals surface area contributed by atoms with Crippen molar-refractivity contribution < 1.29 is 14.3 Å². The van der Waals surface area contributed by atoms with Crippen molar-refractivity contribution in [2.24, 2.45) is 0 Å². The van der Waals surface area contributed by atoms with E-state index in [9.17, 15) is 5.11 Å². The average Bonchev–Trinajstić information content (AvgIpc) is 3.08. The minimum atomic E-state index is -1.07. The predicted octanol–water partition coefficient (Wildman–Crippen LogP) is 5.00. The zero-order valence-corrected chi connectivity index (χ0v) is 18.8. The van der Waals surface area contributed by atoms with Crippen molar-refractivity contribution in [1.29, 1.82) is 0 Å². The molecule has 0 atom stereocenters. The topological polar surface area (TPSA) is 29.5 Å². The van der Waals surface area contributed by atoms with E-state index in [1.165, 1.54) is 0 Å². The lowest BCUT2D eigenvalue weighted by Gasteiger charge is -2.40. The minimum absolute atomic E-state index is 0.379. The maximum absolute atomic E-state index is 11.7. The third kappa shape index (κ3) is 3.85. The second-order valence-corrected chi connectivity index (χ2v) is 9.20. The highest BCUT2D eigenvalue weighted by Crippen LogP contribution is 2.48. The number of nitrogens with zero attached hydrogens (tertiary/aromatic N) is 1. The molecule has 0 bridgehead atoms. The Bertz CT molecular complexity index is 1140. The molecule has 2 aliphatic rings. The Hall–Kier alpha value is -2.61. The number of aliphatic hydroxyl groups is 1. The quantitative estimate of drug-likeness (QED) is 0.453. The van der Waals surface area contributed by atoms with Gasteiger partial charge in [-0.3, -0.25) is 0 Å². The molecule has 3 nitrogen and oxygen atoms in total. The molecule has 1 fully saturated rings. The fraction of sp³-hybridized carbons (Fsp3) is 0.286. The van der Waals surface area contributed by atoms with Crippen LogP contribution in [0.4, 0.5) is 0 Å². The Balaban J connectivity index is 1.39. The normalized spacial score (nSPS) is 17.7. The van der Waals surface area contributed by atoms with Gasteiger partial charge < -0.3 is 14.3 Å². The molecule has 162 valence electrons. The maximum Gasteiger partial charge on any atom is 0.141 e. The van der Waals surface area contributed by atoms with Crippen LogP contribution in [0.2, 0.25) is 5.02 Å². The van der Waals surface area contributed by atoms with E-state index in [4.69, 9.17) is 16.3 Å². The molecule has 32 heavy (non-hydrogen) atoms. The van der Waals surface area contributed by atoms with E-state index in [2.05, 4.69) is 30.0 Å². The molecule has 0 radical (unpaired) electrons. The highest BCUT2D eigenvalue weighted by molar-refractivity contribution is 6.31. The second kappa shape index (κ2) is 8.73. The highest BCUT2D eigenvalue weighted by atomic mass is 35.5. The standard InChI is InChI=1S/C28H27ClNO2/c29-27-14-6-1-9-22(27)21-30(17-19-32-20-18-30)16-8-7-15-28(31)25-12-4-2-10-23(25)24-11-3-5-13-26(24)28/h1-6,9-14,31H,15-21H2/q+1. The molecule has 4 heteroatoms. The molecule has 5 rings (SSSR count). The molecule has 1 aliphatic carbocycles. The Kier molecular flexibility index (Phi) is 5.80. The summed E-state index contributed by atoms with van der Waals surface area (Å²) in [6, 6.07) is 24.3. The van der Waals surface area contributed by atoms with Crippen molar-refractivity contribution >= 4 is 11.6 Å². The van der Waals surface area contributed by atoms with Crippen molar-refractivity contribution in [1.82, 2.24) is 0 Å². The van der Waals surface area contributed by atoms with Crippen molar-refractivity contribution in [3.63, 3.8) is 0 Å². The van der Waals surface area contributed by atoms with Crippen LogP contribution < -0.4 is 0 Å². The van der Waals surface area contributed by atoms with E-state index < -0.39 is 5.60 Å². The SMILES string of the molecule is OC1(CC#CC[N+]2(Cc3ccccc3Cl)CCOCC2)c2ccccc2-c2ccccc21. The van der Waals surface area contributed by atoms with E-state index in [1.54, 1.807) is 0 Å². The zero-order chi connectivity index (χ0) is 22.0. The van der Waals surface area contributed by atoms with Gasteiger partial charge in [-0.2, -0.15) is 0 Å². The highest BCUT2D eigenvalue weighted by Gasteiger charge is 2.40. The van der Waals surface area contributed by atoms with E-state index >= 15 is 0 Å². The molecule has 1 N–H and O–H groups in total. The van der Waals surface area contributed by atoms with Gasteiger partial charge >= 0.3 is 0 Å². The van der Waals surface area contributed by atoms with Crippen molar-refractivity contribution in [2.75, 3.05) is 32.8 Å². The summed E-state index contributed by atoms with van der Waals surface area (Å²) < 4.78 is 6.47. The van der Waals surface area contributed by atoms with E-state index in [1.807, 2.05) is 54.6 Å². The van der Waals surface area contributed by atoms with Crippen LogP contribution in [-0.2, 0) is 16.9 Å². The number of halogens is 1. The lowest BCUT2D eigenvalue weighted by Crippen LogP contribution is -2.54. The molecule has 3 aromatic carbocycles. The van der Waals surface area contributed by atoms with E-state index in [0.29, 0.717) is 13.0 Å². The first-order chi connectivity index (χ1) is 15.6. The van der Waals surface area contributed by atoms with Crippen molar-refractivity contribution in [3.05, 3.63) is 94.5 Å². The fourth-order valence-corrected chi connectivity index (χ4v) is 5.19. The summed E-state index contributed by atoms with van der Waals surface area (Å²) in [4.78, 5) is 0. The van der Waals surface area contributed by atoms with Crippen LogP contribution in [0.15, 0.2) is 72.8 Å². The molecule has 0 aromatic heterocycles.